The molecule has 1 aliphatic heterocycles. The van der Waals surface area contributed by atoms with Crippen molar-refractivity contribution in [3.8, 4) is 11.8 Å². The van der Waals surface area contributed by atoms with Gasteiger partial charge in [-0.1, -0.05) is 6.07 Å². The van der Waals surface area contributed by atoms with E-state index in [4.69, 9.17) is 10.00 Å². The number of fused-ring (bicyclic) bond motifs is 1. The fourth-order valence-electron chi connectivity index (χ4n) is 4.78. The van der Waals surface area contributed by atoms with Crippen LogP contribution in [-0.2, 0) is 16.3 Å². The molecule has 0 atom stereocenters. The molecule has 0 bridgehead atoms. The molecular weight excluding hydrogens is 532 g/mol. The molecule has 2 aromatic heterocycles. The minimum absolute atomic E-state index is 0.0432. The number of nitriles is 1. The summed E-state index contributed by atoms with van der Waals surface area (Å²) in [5, 5.41) is 16.8. The van der Waals surface area contributed by atoms with Gasteiger partial charge in [0.05, 0.1) is 34.2 Å². The van der Waals surface area contributed by atoms with Crippen LogP contribution in [0.4, 0.5) is 5.82 Å². The first-order valence-corrected chi connectivity index (χ1v) is 14.4. The highest BCUT2D eigenvalue weighted by Gasteiger charge is 2.27. The van der Waals surface area contributed by atoms with Gasteiger partial charge in [0.1, 0.15) is 17.6 Å². The molecule has 40 heavy (non-hydrogen) atoms. The summed E-state index contributed by atoms with van der Waals surface area (Å²) in [5.41, 5.74) is 1.45. The summed E-state index contributed by atoms with van der Waals surface area (Å²) in [6.07, 6.45) is 2.84. The van der Waals surface area contributed by atoms with E-state index >= 15 is 0 Å². The van der Waals surface area contributed by atoms with E-state index in [1.54, 1.807) is 47.4 Å². The van der Waals surface area contributed by atoms with Crippen molar-refractivity contribution in [2.45, 2.75) is 11.3 Å². The van der Waals surface area contributed by atoms with Gasteiger partial charge in [0.15, 0.2) is 9.84 Å². The molecule has 0 spiro atoms. The second-order valence-electron chi connectivity index (χ2n) is 9.49. The molecule has 11 nitrogen and oxygen atoms in total. The van der Waals surface area contributed by atoms with Gasteiger partial charge in [-0.05, 0) is 48.0 Å². The van der Waals surface area contributed by atoms with Crippen LogP contribution in [-0.4, -0.2) is 74.0 Å². The maximum Gasteiger partial charge on any atom is 0.272 e. The van der Waals surface area contributed by atoms with Crippen molar-refractivity contribution >= 4 is 32.3 Å². The Bertz CT molecular complexity index is 1800. The van der Waals surface area contributed by atoms with Crippen molar-refractivity contribution < 1.29 is 17.9 Å². The molecule has 1 fully saturated rings. The topological polar surface area (TPSA) is 149 Å². The number of hydrogen-bond donors (Lipinski definition) is 1. The predicted octanol–water partition coefficient (Wildman–Crippen LogP) is 2.16. The van der Waals surface area contributed by atoms with Crippen molar-refractivity contribution in [1.82, 2.24) is 20.1 Å². The van der Waals surface area contributed by atoms with Gasteiger partial charge in [-0.3, -0.25) is 9.59 Å². The summed E-state index contributed by atoms with van der Waals surface area (Å²) in [4.78, 5) is 33.9. The van der Waals surface area contributed by atoms with Gasteiger partial charge in [0, 0.05) is 50.4 Å². The minimum atomic E-state index is -3.69. The Morgan fingerprint density at radius 3 is 2.50 bits per heavy atom. The molecule has 4 aromatic rings. The van der Waals surface area contributed by atoms with E-state index in [1.807, 2.05) is 11.0 Å². The lowest BCUT2D eigenvalue weighted by Crippen LogP contribution is -2.49. The maximum absolute atomic E-state index is 13.7. The van der Waals surface area contributed by atoms with Crippen molar-refractivity contribution in [2.24, 2.45) is 0 Å². The number of amides is 1. The Morgan fingerprint density at radius 1 is 1.07 bits per heavy atom. The van der Waals surface area contributed by atoms with Crippen molar-refractivity contribution in [3.05, 3.63) is 87.5 Å². The molecule has 5 rings (SSSR count). The first kappa shape index (κ1) is 26.8. The number of nitrogens with one attached hydrogen (secondary N) is 1. The molecule has 0 radical (unpaired) electrons. The SMILES string of the molecule is COc1ccc2c(=O)[nH]nc(Cc3ccc(S(C)(=O)=O)c(C(=O)N4CCN(c5ccc(C#N)cn5)CC4)c3)c2c1. The number of hydrogen-bond acceptors (Lipinski definition) is 9. The first-order valence-electron chi connectivity index (χ1n) is 12.5. The number of benzene rings is 2. The zero-order chi connectivity index (χ0) is 28.4. The number of sulfone groups is 1. The summed E-state index contributed by atoms with van der Waals surface area (Å²) < 4.78 is 30.5. The van der Waals surface area contributed by atoms with E-state index in [9.17, 15) is 18.0 Å². The minimum Gasteiger partial charge on any atom is -0.497 e. The fraction of sp³-hybridized carbons (Fsp3) is 0.250. The summed E-state index contributed by atoms with van der Waals surface area (Å²) in [6, 6.07) is 15.3. The monoisotopic (exact) mass is 558 g/mol. The zero-order valence-electron chi connectivity index (χ0n) is 21.9. The Hall–Kier alpha value is -4.76. The largest absolute Gasteiger partial charge is 0.497 e. The third kappa shape index (κ3) is 5.37. The summed E-state index contributed by atoms with van der Waals surface area (Å²) in [6.45, 7) is 1.76. The third-order valence-electron chi connectivity index (χ3n) is 6.89. The zero-order valence-corrected chi connectivity index (χ0v) is 22.7. The number of H-pyrrole nitrogens is 1. The molecule has 1 aliphatic rings. The highest BCUT2D eigenvalue weighted by molar-refractivity contribution is 7.90. The molecule has 0 unspecified atom stereocenters. The molecule has 2 aromatic carbocycles. The number of carbonyl (C=O) groups excluding carboxylic acids is 1. The molecule has 1 saturated heterocycles. The van der Waals surface area contributed by atoms with Gasteiger partial charge < -0.3 is 14.5 Å². The van der Waals surface area contributed by atoms with Crippen LogP contribution in [0.3, 0.4) is 0 Å². The Labute approximate surface area is 230 Å². The number of methoxy groups -OCH3 is 1. The number of ether oxygens (including phenoxy) is 1. The van der Waals surface area contributed by atoms with Crippen LogP contribution in [0.25, 0.3) is 10.8 Å². The van der Waals surface area contributed by atoms with Crippen molar-refractivity contribution in [1.29, 1.82) is 5.26 Å². The van der Waals surface area contributed by atoms with Crippen LogP contribution in [0, 0.1) is 11.3 Å². The number of piperazine rings is 1. The Kier molecular flexibility index (Phi) is 7.23. The van der Waals surface area contributed by atoms with Gasteiger partial charge in [-0.2, -0.15) is 10.4 Å². The Morgan fingerprint density at radius 2 is 1.85 bits per heavy atom. The second-order valence-corrected chi connectivity index (χ2v) is 11.5. The van der Waals surface area contributed by atoms with Crippen LogP contribution in [0.2, 0.25) is 0 Å². The number of carbonyl (C=O) groups is 1. The van der Waals surface area contributed by atoms with Crippen LogP contribution in [0.1, 0.15) is 27.2 Å². The van der Waals surface area contributed by atoms with E-state index < -0.39 is 9.84 Å². The molecule has 3 heterocycles. The third-order valence-corrected chi connectivity index (χ3v) is 8.04. The highest BCUT2D eigenvalue weighted by atomic mass is 32.2. The summed E-state index contributed by atoms with van der Waals surface area (Å²) in [5.74, 6) is 0.901. The normalized spacial score (nSPS) is 13.7. The van der Waals surface area contributed by atoms with Crippen LogP contribution >= 0.6 is 0 Å². The van der Waals surface area contributed by atoms with Gasteiger partial charge in [0.2, 0.25) is 0 Å². The molecular formula is C28H26N6O5S. The lowest BCUT2D eigenvalue weighted by atomic mass is 10.0. The average Bonchev–Trinajstić information content (AvgIpc) is 2.97. The number of pyridine rings is 1. The number of anilines is 1. The van der Waals surface area contributed by atoms with Crippen LogP contribution < -0.4 is 15.2 Å². The number of aromatic amines is 1. The molecule has 204 valence electrons. The van der Waals surface area contributed by atoms with Crippen LogP contribution in [0.5, 0.6) is 5.75 Å². The second kappa shape index (κ2) is 10.8. The van der Waals surface area contributed by atoms with Gasteiger partial charge in [-0.15, -0.1) is 0 Å². The number of nitrogens with zero attached hydrogens (tertiary/aromatic N) is 5. The van der Waals surface area contributed by atoms with E-state index in [-0.39, 0.29) is 28.3 Å². The fourth-order valence-corrected chi connectivity index (χ4v) is 5.64. The average molecular weight is 559 g/mol. The Balaban J connectivity index is 1.42. The van der Waals surface area contributed by atoms with Crippen molar-refractivity contribution in [3.63, 3.8) is 0 Å². The van der Waals surface area contributed by atoms with Crippen LogP contribution in [0.15, 0.2) is 64.4 Å². The van der Waals surface area contributed by atoms with Gasteiger partial charge >= 0.3 is 0 Å². The standard InChI is InChI=1S/C28H26N6O5S/c1-39-20-5-6-21-22(15-20)24(31-32-27(21)35)14-18-3-7-25(40(2,37)38)23(13-18)28(36)34-11-9-33(10-12-34)26-8-4-19(16-29)17-30-26/h3-8,13,15,17H,9-12,14H2,1-2H3,(H,32,35). The predicted molar refractivity (Wildman–Crippen MR) is 148 cm³/mol. The quantitative estimate of drug-likeness (QED) is 0.376. The highest BCUT2D eigenvalue weighted by Crippen LogP contribution is 2.25. The summed E-state index contributed by atoms with van der Waals surface area (Å²) >= 11 is 0. The van der Waals surface area contributed by atoms with E-state index in [2.05, 4.69) is 15.2 Å². The maximum atomic E-state index is 13.7. The molecule has 1 N–H and O–H groups in total. The molecule has 1 amide bonds. The number of aromatic nitrogens is 3. The lowest BCUT2D eigenvalue weighted by Gasteiger charge is -2.35. The van der Waals surface area contributed by atoms with E-state index in [1.165, 1.54) is 19.4 Å². The van der Waals surface area contributed by atoms with Crippen molar-refractivity contribution in [2.75, 3.05) is 44.4 Å². The molecule has 0 saturated carbocycles. The summed E-state index contributed by atoms with van der Waals surface area (Å²) in [7, 11) is -2.16. The van der Waals surface area contributed by atoms with E-state index in [0.29, 0.717) is 65.3 Å². The van der Waals surface area contributed by atoms with Gasteiger partial charge in [0.25, 0.3) is 11.5 Å². The van der Waals surface area contributed by atoms with Gasteiger partial charge in [-0.25, -0.2) is 18.5 Å². The lowest BCUT2D eigenvalue weighted by molar-refractivity contribution is 0.0742. The smallest absolute Gasteiger partial charge is 0.272 e. The molecule has 0 aliphatic carbocycles. The molecule has 12 heteroatoms. The number of rotatable bonds is 6. The van der Waals surface area contributed by atoms with E-state index in [0.717, 1.165) is 6.26 Å². The first-order chi connectivity index (χ1) is 19.2.